The normalized spacial score (nSPS) is 24.2. The Morgan fingerprint density at radius 2 is 2.08 bits per heavy atom. The van der Waals surface area contributed by atoms with Gasteiger partial charge in [-0.3, -0.25) is 0 Å². The van der Waals surface area contributed by atoms with E-state index in [0.717, 1.165) is 37.8 Å². The van der Waals surface area contributed by atoms with Crippen LogP contribution in [0.1, 0.15) is 26.2 Å². The first kappa shape index (κ1) is 11.5. The van der Waals surface area contributed by atoms with Gasteiger partial charge in [-0.2, -0.15) is 0 Å². The number of halogens is 1. The Morgan fingerprint density at radius 3 is 2.54 bits per heavy atom. The first-order valence-electron chi connectivity index (χ1n) is 4.89. The Labute approximate surface area is 89.1 Å². The molecule has 1 aliphatic heterocycles. The van der Waals surface area contributed by atoms with Crippen molar-refractivity contribution in [3.8, 4) is 0 Å². The van der Waals surface area contributed by atoms with Crippen molar-refractivity contribution >= 4 is 15.9 Å². The van der Waals surface area contributed by atoms with Crippen molar-refractivity contribution in [1.29, 1.82) is 0 Å². The minimum absolute atomic E-state index is 0.357. The van der Waals surface area contributed by atoms with Crippen molar-refractivity contribution in [3.05, 3.63) is 0 Å². The molecule has 78 valence electrons. The van der Waals surface area contributed by atoms with E-state index >= 15 is 0 Å². The van der Waals surface area contributed by atoms with Gasteiger partial charge < -0.3 is 9.47 Å². The predicted octanol–water partition coefficient (Wildman–Crippen LogP) is 2.60. The molecule has 1 heterocycles. The maximum absolute atomic E-state index is 5.38. The molecule has 1 aliphatic rings. The maximum atomic E-state index is 5.38. The lowest BCUT2D eigenvalue weighted by Gasteiger charge is -2.37. The largest absolute Gasteiger partial charge is 0.382 e. The van der Waals surface area contributed by atoms with Gasteiger partial charge in [-0.1, -0.05) is 15.9 Å². The van der Waals surface area contributed by atoms with E-state index in [0.29, 0.717) is 11.5 Å². The van der Waals surface area contributed by atoms with Crippen LogP contribution >= 0.6 is 15.9 Å². The predicted molar refractivity (Wildman–Crippen MR) is 57.4 cm³/mol. The van der Waals surface area contributed by atoms with Gasteiger partial charge in [-0.25, -0.2) is 0 Å². The van der Waals surface area contributed by atoms with Crippen LogP contribution in [0.25, 0.3) is 0 Å². The van der Waals surface area contributed by atoms with E-state index < -0.39 is 0 Å². The zero-order valence-electron chi connectivity index (χ0n) is 8.51. The fourth-order valence-corrected chi connectivity index (χ4v) is 2.68. The first-order chi connectivity index (χ1) is 6.22. The second-order valence-electron chi connectivity index (χ2n) is 4.00. The molecule has 1 fully saturated rings. The quantitative estimate of drug-likeness (QED) is 0.715. The number of hydrogen-bond acceptors (Lipinski definition) is 2. The van der Waals surface area contributed by atoms with Crippen LogP contribution in [0, 0.1) is 5.41 Å². The van der Waals surface area contributed by atoms with E-state index in [1.54, 1.807) is 7.11 Å². The third kappa shape index (κ3) is 3.22. The standard InChI is InChI=1S/C10H19BrO2/c1-9(12-2)7-10(8-11)3-5-13-6-4-10/h9H,3-8H2,1-2H3. The van der Waals surface area contributed by atoms with E-state index in [1.165, 1.54) is 0 Å². The fourth-order valence-electron chi connectivity index (χ4n) is 1.89. The Kier molecular flexibility index (Phi) is 4.70. The molecule has 0 aliphatic carbocycles. The van der Waals surface area contributed by atoms with Crippen molar-refractivity contribution in [2.24, 2.45) is 5.41 Å². The molecule has 0 aromatic rings. The summed E-state index contributed by atoms with van der Waals surface area (Å²) in [6, 6.07) is 0. The number of rotatable bonds is 4. The zero-order valence-corrected chi connectivity index (χ0v) is 10.1. The fraction of sp³-hybridized carbons (Fsp3) is 1.00. The summed E-state index contributed by atoms with van der Waals surface area (Å²) in [5.41, 5.74) is 0.410. The minimum atomic E-state index is 0.357. The van der Waals surface area contributed by atoms with Gasteiger partial charge in [-0.05, 0) is 31.6 Å². The molecule has 0 N–H and O–H groups in total. The second-order valence-corrected chi connectivity index (χ2v) is 4.56. The molecule has 3 heteroatoms. The monoisotopic (exact) mass is 250 g/mol. The Bertz CT molecular complexity index is 144. The first-order valence-corrected chi connectivity index (χ1v) is 6.01. The molecule has 0 aromatic heterocycles. The molecule has 1 rings (SSSR count). The Hall–Kier alpha value is 0.400. The van der Waals surface area contributed by atoms with Crippen molar-refractivity contribution in [1.82, 2.24) is 0 Å². The smallest absolute Gasteiger partial charge is 0.0548 e. The van der Waals surface area contributed by atoms with Gasteiger partial charge in [0.1, 0.15) is 0 Å². The van der Waals surface area contributed by atoms with Crippen LogP contribution in [0.2, 0.25) is 0 Å². The second kappa shape index (κ2) is 5.32. The van der Waals surface area contributed by atoms with Crippen LogP contribution in [-0.4, -0.2) is 31.8 Å². The van der Waals surface area contributed by atoms with Gasteiger partial charge in [-0.15, -0.1) is 0 Å². The molecule has 1 atom stereocenters. The lowest BCUT2D eigenvalue weighted by atomic mass is 9.78. The van der Waals surface area contributed by atoms with Crippen LogP contribution in [0.3, 0.4) is 0 Å². The van der Waals surface area contributed by atoms with Crippen molar-refractivity contribution in [2.75, 3.05) is 25.7 Å². The van der Waals surface area contributed by atoms with E-state index in [9.17, 15) is 0 Å². The maximum Gasteiger partial charge on any atom is 0.0548 e. The highest BCUT2D eigenvalue weighted by Crippen LogP contribution is 2.37. The molecule has 0 saturated carbocycles. The van der Waals surface area contributed by atoms with E-state index in [1.807, 2.05) is 0 Å². The summed E-state index contributed by atoms with van der Waals surface area (Å²) in [6.45, 7) is 3.95. The van der Waals surface area contributed by atoms with Gasteiger partial charge >= 0.3 is 0 Å². The molecule has 0 spiro atoms. The Balaban J connectivity index is 2.47. The van der Waals surface area contributed by atoms with Gasteiger partial charge in [0.2, 0.25) is 0 Å². The summed E-state index contributed by atoms with van der Waals surface area (Å²) in [5.74, 6) is 0. The summed E-state index contributed by atoms with van der Waals surface area (Å²) in [7, 11) is 1.78. The van der Waals surface area contributed by atoms with E-state index in [4.69, 9.17) is 9.47 Å². The number of ether oxygens (including phenoxy) is 2. The molecule has 13 heavy (non-hydrogen) atoms. The molecule has 0 aromatic carbocycles. The van der Waals surface area contributed by atoms with Gasteiger partial charge in [0.05, 0.1) is 6.10 Å². The molecule has 0 radical (unpaired) electrons. The van der Waals surface area contributed by atoms with Crippen LogP contribution in [0.4, 0.5) is 0 Å². The third-order valence-electron chi connectivity index (χ3n) is 2.96. The molecular formula is C10H19BrO2. The van der Waals surface area contributed by atoms with Crippen LogP contribution in [0.15, 0.2) is 0 Å². The summed E-state index contributed by atoms with van der Waals surface area (Å²) < 4.78 is 10.7. The lowest BCUT2D eigenvalue weighted by molar-refractivity contribution is -0.00706. The summed E-state index contributed by atoms with van der Waals surface area (Å²) in [5, 5.41) is 1.07. The van der Waals surface area contributed by atoms with Gasteiger partial charge in [0.15, 0.2) is 0 Å². The summed E-state index contributed by atoms with van der Waals surface area (Å²) in [6.07, 6.45) is 3.81. The van der Waals surface area contributed by atoms with Gasteiger partial charge in [0.25, 0.3) is 0 Å². The summed E-state index contributed by atoms with van der Waals surface area (Å²) in [4.78, 5) is 0. The molecule has 1 saturated heterocycles. The third-order valence-corrected chi connectivity index (χ3v) is 4.15. The Morgan fingerprint density at radius 1 is 1.46 bits per heavy atom. The van der Waals surface area contributed by atoms with Crippen LogP contribution < -0.4 is 0 Å². The van der Waals surface area contributed by atoms with Crippen LogP contribution in [-0.2, 0) is 9.47 Å². The molecule has 2 nitrogen and oxygen atoms in total. The van der Waals surface area contributed by atoms with Crippen molar-refractivity contribution in [3.63, 3.8) is 0 Å². The summed E-state index contributed by atoms with van der Waals surface area (Å²) >= 11 is 3.61. The van der Waals surface area contributed by atoms with Crippen molar-refractivity contribution in [2.45, 2.75) is 32.3 Å². The minimum Gasteiger partial charge on any atom is -0.382 e. The molecule has 0 amide bonds. The highest BCUT2D eigenvalue weighted by atomic mass is 79.9. The SMILES string of the molecule is COC(C)CC1(CBr)CCOCC1. The number of alkyl halides is 1. The topological polar surface area (TPSA) is 18.5 Å². The number of methoxy groups -OCH3 is 1. The van der Waals surface area contributed by atoms with Crippen LogP contribution in [0.5, 0.6) is 0 Å². The average Bonchev–Trinajstić information content (AvgIpc) is 2.19. The van der Waals surface area contributed by atoms with E-state index in [2.05, 4.69) is 22.9 Å². The molecule has 0 bridgehead atoms. The van der Waals surface area contributed by atoms with Gasteiger partial charge in [0, 0.05) is 25.7 Å². The van der Waals surface area contributed by atoms with E-state index in [-0.39, 0.29) is 0 Å². The highest BCUT2D eigenvalue weighted by molar-refractivity contribution is 9.09. The molecule has 1 unspecified atom stereocenters. The lowest BCUT2D eigenvalue weighted by Crippen LogP contribution is -2.34. The molecular weight excluding hydrogens is 232 g/mol. The highest BCUT2D eigenvalue weighted by Gasteiger charge is 2.32. The van der Waals surface area contributed by atoms with Crippen molar-refractivity contribution < 1.29 is 9.47 Å². The average molecular weight is 251 g/mol. The zero-order chi connectivity index (χ0) is 9.73. The number of hydrogen-bond donors (Lipinski definition) is 0.